The molecule has 2 aromatic heterocycles. The number of hydrogen-bond acceptors (Lipinski definition) is 5. The third-order valence-corrected chi connectivity index (χ3v) is 5.47. The van der Waals surface area contributed by atoms with Gasteiger partial charge in [0.15, 0.2) is 6.61 Å². The number of ether oxygens (including phenoxy) is 1. The summed E-state index contributed by atoms with van der Waals surface area (Å²) in [6.45, 7) is 5.77. The Morgan fingerprint density at radius 2 is 2.07 bits per heavy atom. The molecule has 30 heavy (non-hydrogen) atoms. The van der Waals surface area contributed by atoms with Crippen molar-refractivity contribution in [2.75, 3.05) is 11.9 Å². The fraction of sp³-hybridized carbons (Fsp3) is 0.391. The van der Waals surface area contributed by atoms with Gasteiger partial charge >= 0.3 is 5.97 Å². The molecule has 0 spiro atoms. The van der Waals surface area contributed by atoms with Crippen molar-refractivity contribution in [2.24, 2.45) is 5.92 Å². The molecule has 4 rings (SSSR count). The number of hydrogen-bond donors (Lipinski definition) is 1. The van der Waals surface area contributed by atoms with Gasteiger partial charge in [-0.25, -0.2) is 9.48 Å². The Balaban J connectivity index is 1.55. The first-order valence-corrected chi connectivity index (χ1v) is 10.3. The first-order valence-electron chi connectivity index (χ1n) is 10.3. The molecule has 1 unspecified atom stereocenters. The summed E-state index contributed by atoms with van der Waals surface area (Å²) in [6, 6.07) is 9.42. The van der Waals surface area contributed by atoms with Crippen LogP contribution in [-0.2, 0) is 22.4 Å². The highest BCUT2D eigenvalue weighted by atomic mass is 16.5. The molecule has 1 aliphatic rings. The zero-order chi connectivity index (χ0) is 21.3. The third kappa shape index (κ3) is 3.92. The highest BCUT2D eigenvalue weighted by Gasteiger charge is 2.26. The molecule has 1 atom stereocenters. The van der Waals surface area contributed by atoms with Crippen molar-refractivity contribution in [3.05, 3.63) is 53.3 Å². The Morgan fingerprint density at radius 3 is 2.87 bits per heavy atom. The van der Waals surface area contributed by atoms with Crippen LogP contribution in [0.25, 0.3) is 10.9 Å². The molecule has 0 saturated carbocycles. The van der Waals surface area contributed by atoms with E-state index in [-0.39, 0.29) is 12.6 Å². The lowest BCUT2D eigenvalue weighted by atomic mass is 9.84. The van der Waals surface area contributed by atoms with Crippen LogP contribution < -0.4 is 5.32 Å². The van der Waals surface area contributed by atoms with Crippen molar-refractivity contribution >= 4 is 28.6 Å². The normalized spacial score (nSPS) is 15.8. The number of pyridine rings is 1. The Bertz CT molecular complexity index is 1100. The molecular weight excluding hydrogens is 380 g/mol. The number of benzene rings is 1. The minimum atomic E-state index is -0.480. The maximum Gasteiger partial charge on any atom is 0.339 e. The van der Waals surface area contributed by atoms with Gasteiger partial charge in [0.2, 0.25) is 0 Å². The van der Waals surface area contributed by atoms with E-state index in [1.807, 2.05) is 38.1 Å². The van der Waals surface area contributed by atoms with Crippen molar-refractivity contribution in [1.82, 2.24) is 14.8 Å². The summed E-state index contributed by atoms with van der Waals surface area (Å²) in [6.07, 6.45) is 4.32. The van der Waals surface area contributed by atoms with Crippen LogP contribution in [0.2, 0.25) is 0 Å². The van der Waals surface area contributed by atoms with Crippen LogP contribution in [-0.4, -0.2) is 33.2 Å². The molecule has 0 saturated heterocycles. The molecular formula is C23H26N4O3. The fourth-order valence-electron chi connectivity index (χ4n) is 4.00. The number of amides is 1. The number of carbonyl (C=O) groups excluding carboxylic acids is 2. The van der Waals surface area contributed by atoms with Crippen LogP contribution in [0.4, 0.5) is 5.82 Å². The van der Waals surface area contributed by atoms with E-state index in [9.17, 15) is 9.59 Å². The molecule has 1 aromatic carbocycles. The molecule has 2 heterocycles. The van der Waals surface area contributed by atoms with Crippen LogP contribution >= 0.6 is 0 Å². The molecule has 3 aromatic rings. The van der Waals surface area contributed by atoms with E-state index in [2.05, 4.69) is 17.3 Å². The van der Waals surface area contributed by atoms with E-state index in [0.717, 1.165) is 41.4 Å². The van der Waals surface area contributed by atoms with Gasteiger partial charge in [-0.1, -0.05) is 25.1 Å². The molecule has 7 heteroatoms. The first kappa shape index (κ1) is 20.1. The van der Waals surface area contributed by atoms with Crippen LogP contribution in [0.3, 0.4) is 0 Å². The zero-order valence-electron chi connectivity index (χ0n) is 17.5. The van der Waals surface area contributed by atoms with Gasteiger partial charge in [-0.15, -0.1) is 0 Å². The number of nitrogens with one attached hydrogen (secondary N) is 1. The molecule has 156 valence electrons. The molecule has 7 nitrogen and oxygen atoms in total. The number of aryl methyl sites for hydroxylation is 1. The molecule has 0 aliphatic heterocycles. The van der Waals surface area contributed by atoms with Crippen molar-refractivity contribution < 1.29 is 14.3 Å². The lowest BCUT2D eigenvalue weighted by Crippen LogP contribution is -2.24. The van der Waals surface area contributed by atoms with Gasteiger partial charge in [0.05, 0.1) is 17.3 Å². The molecule has 1 N–H and O–H groups in total. The van der Waals surface area contributed by atoms with E-state index in [0.29, 0.717) is 17.3 Å². The Morgan fingerprint density at radius 1 is 1.27 bits per heavy atom. The minimum absolute atomic E-state index is 0.106. The van der Waals surface area contributed by atoms with Crippen LogP contribution in [0.1, 0.15) is 54.8 Å². The first-order chi connectivity index (χ1) is 14.4. The molecule has 1 amide bonds. The van der Waals surface area contributed by atoms with Gasteiger partial charge in [0.1, 0.15) is 5.82 Å². The molecule has 1 aliphatic carbocycles. The standard InChI is InChI=1S/C23H26N4O3/c1-14(2)27-20(10-11-24-27)26-21(28)13-30-23(29)22-16-6-4-5-7-18(16)25-19-9-8-15(3)12-17(19)22/h4-7,10-11,14-15H,8-9,12-13H2,1-3H3,(H,26,28). The summed E-state index contributed by atoms with van der Waals surface area (Å²) in [5, 5.41) is 7.72. The SMILES string of the molecule is CC1CCc2nc3ccccc3c(C(=O)OCC(=O)Nc3ccnn3C(C)C)c2C1. The van der Waals surface area contributed by atoms with Crippen molar-refractivity contribution in [2.45, 2.75) is 46.1 Å². The third-order valence-electron chi connectivity index (χ3n) is 5.47. The molecule has 0 fully saturated rings. The lowest BCUT2D eigenvalue weighted by molar-refractivity contribution is -0.119. The van der Waals surface area contributed by atoms with Gasteiger partial charge in [-0.2, -0.15) is 5.10 Å². The van der Waals surface area contributed by atoms with Gasteiger partial charge in [-0.3, -0.25) is 9.78 Å². The predicted molar refractivity (Wildman–Crippen MR) is 114 cm³/mol. The summed E-state index contributed by atoms with van der Waals surface area (Å²) >= 11 is 0. The molecule has 0 radical (unpaired) electrons. The van der Waals surface area contributed by atoms with Crippen LogP contribution in [0.5, 0.6) is 0 Å². The van der Waals surface area contributed by atoms with Gasteiger partial charge < -0.3 is 10.1 Å². The van der Waals surface area contributed by atoms with Crippen LogP contribution in [0, 0.1) is 5.92 Å². The second kappa shape index (κ2) is 8.26. The number of esters is 1. The molecule has 0 bridgehead atoms. The number of aromatic nitrogens is 3. The smallest absolute Gasteiger partial charge is 0.339 e. The highest BCUT2D eigenvalue weighted by molar-refractivity contribution is 6.06. The van der Waals surface area contributed by atoms with Gasteiger partial charge in [-0.05, 0) is 50.7 Å². The minimum Gasteiger partial charge on any atom is -0.452 e. The summed E-state index contributed by atoms with van der Waals surface area (Å²) in [4.78, 5) is 30.2. The Hall–Kier alpha value is -3.22. The number of fused-ring (bicyclic) bond motifs is 2. The lowest BCUT2D eigenvalue weighted by Gasteiger charge is -2.24. The number of anilines is 1. The monoisotopic (exact) mass is 406 g/mol. The van der Waals surface area contributed by atoms with E-state index in [1.54, 1.807) is 16.9 Å². The summed E-state index contributed by atoms with van der Waals surface area (Å²) in [5.74, 6) is 0.177. The van der Waals surface area contributed by atoms with Crippen LogP contribution in [0.15, 0.2) is 36.5 Å². The van der Waals surface area contributed by atoms with Crippen molar-refractivity contribution in [3.63, 3.8) is 0 Å². The summed E-state index contributed by atoms with van der Waals surface area (Å²) in [5.41, 5.74) is 3.24. The second-order valence-corrected chi connectivity index (χ2v) is 8.16. The number of rotatable bonds is 5. The second-order valence-electron chi connectivity index (χ2n) is 8.16. The maximum atomic E-state index is 13.1. The Kier molecular flexibility index (Phi) is 5.53. The maximum absolute atomic E-state index is 13.1. The van der Waals surface area contributed by atoms with E-state index < -0.39 is 11.9 Å². The quantitative estimate of drug-likeness (QED) is 0.649. The number of para-hydroxylation sites is 1. The van der Waals surface area contributed by atoms with Crippen molar-refractivity contribution in [1.29, 1.82) is 0 Å². The van der Waals surface area contributed by atoms with Gasteiger partial charge in [0.25, 0.3) is 5.91 Å². The Labute approximate surface area is 175 Å². The highest BCUT2D eigenvalue weighted by Crippen LogP contribution is 2.32. The number of nitrogens with zero attached hydrogens (tertiary/aromatic N) is 3. The fourth-order valence-corrected chi connectivity index (χ4v) is 4.00. The van der Waals surface area contributed by atoms with E-state index >= 15 is 0 Å². The summed E-state index contributed by atoms with van der Waals surface area (Å²) in [7, 11) is 0. The van der Waals surface area contributed by atoms with E-state index in [4.69, 9.17) is 9.72 Å². The predicted octanol–water partition coefficient (Wildman–Crippen LogP) is 3.93. The average Bonchev–Trinajstić information content (AvgIpc) is 3.18. The average molecular weight is 406 g/mol. The largest absolute Gasteiger partial charge is 0.452 e. The topological polar surface area (TPSA) is 86.1 Å². The number of carbonyl (C=O) groups is 2. The summed E-state index contributed by atoms with van der Waals surface area (Å²) < 4.78 is 7.14. The van der Waals surface area contributed by atoms with E-state index in [1.165, 1.54) is 0 Å². The van der Waals surface area contributed by atoms with Gasteiger partial charge in [0, 0.05) is 23.2 Å². The zero-order valence-corrected chi connectivity index (χ0v) is 17.5. The van der Waals surface area contributed by atoms with Crippen molar-refractivity contribution in [3.8, 4) is 0 Å².